The number of carboxylic acid groups (broad SMARTS) is 1. The van der Waals surface area contributed by atoms with Gasteiger partial charge < -0.3 is 5.11 Å². The Labute approximate surface area is 61.6 Å². The summed E-state index contributed by atoms with van der Waals surface area (Å²) in [6.45, 7) is 5.92. The first-order valence-electron chi connectivity index (χ1n) is 3.49. The molecular weight excluding hydrogens is 128 g/mol. The number of aliphatic carboxylic acids is 1. The van der Waals surface area contributed by atoms with Crippen LogP contribution in [0.3, 0.4) is 0 Å². The smallest absolute Gasteiger partial charge is 0.328 e. The summed E-state index contributed by atoms with van der Waals surface area (Å²) in [6, 6.07) is 0. The van der Waals surface area contributed by atoms with Crippen LogP contribution in [-0.2, 0) is 4.79 Å². The SMILES string of the molecule is CCC(C)/C(C)=C/C(=O)O. The largest absolute Gasteiger partial charge is 0.478 e. The van der Waals surface area contributed by atoms with Crippen LogP contribution in [0.2, 0.25) is 0 Å². The summed E-state index contributed by atoms with van der Waals surface area (Å²) in [5, 5.41) is 8.35. The van der Waals surface area contributed by atoms with E-state index in [0.717, 1.165) is 12.0 Å². The number of rotatable bonds is 3. The molecule has 1 unspecified atom stereocenters. The minimum absolute atomic E-state index is 0.385. The monoisotopic (exact) mass is 142 g/mol. The van der Waals surface area contributed by atoms with E-state index in [4.69, 9.17) is 5.11 Å². The summed E-state index contributed by atoms with van der Waals surface area (Å²) in [7, 11) is 0. The van der Waals surface area contributed by atoms with Crippen LogP contribution in [0.25, 0.3) is 0 Å². The van der Waals surface area contributed by atoms with Crippen molar-refractivity contribution in [2.24, 2.45) is 5.92 Å². The summed E-state index contributed by atoms with van der Waals surface area (Å²) in [6.07, 6.45) is 2.27. The molecule has 58 valence electrons. The van der Waals surface area contributed by atoms with Gasteiger partial charge in [0.05, 0.1) is 0 Å². The maximum atomic E-state index is 10.2. The lowest BCUT2D eigenvalue weighted by molar-refractivity contribution is -0.131. The number of allylic oxidation sites excluding steroid dienone is 1. The number of hydrogen-bond acceptors (Lipinski definition) is 1. The van der Waals surface area contributed by atoms with Crippen molar-refractivity contribution in [1.29, 1.82) is 0 Å². The van der Waals surface area contributed by atoms with Gasteiger partial charge in [0.25, 0.3) is 0 Å². The van der Waals surface area contributed by atoms with Crippen molar-refractivity contribution in [2.45, 2.75) is 27.2 Å². The summed E-state index contributed by atoms with van der Waals surface area (Å²) < 4.78 is 0. The molecule has 0 saturated heterocycles. The molecule has 0 aliphatic carbocycles. The second-order valence-corrected chi connectivity index (χ2v) is 2.54. The van der Waals surface area contributed by atoms with Crippen LogP contribution in [0.15, 0.2) is 11.6 Å². The Hall–Kier alpha value is -0.790. The second kappa shape index (κ2) is 4.09. The lowest BCUT2D eigenvalue weighted by Crippen LogP contribution is -1.97. The van der Waals surface area contributed by atoms with Gasteiger partial charge in [-0.2, -0.15) is 0 Å². The lowest BCUT2D eigenvalue weighted by atomic mass is 10.00. The zero-order chi connectivity index (χ0) is 8.15. The molecule has 10 heavy (non-hydrogen) atoms. The van der Waals surface area contributed by atoms with Crippen LogP contribution < -0.4 is 0 Å². The topological polar surface area (TPSA) is 37.3 Å². The first-order chi connectivity index (χ1) is 4.57. The summed E-state index contributed by atoms with van der Waals surface area (Å²) in [4.78, 5) is 10.2. The molecule has 2 heteroatoms. The molecule has 0 aromatic heterocycles. The molecule has 1 atom stereocenters. The van der Waals surface area contributed by atoms with Gasteiger partial charge in [0, 0.05) is 6.08 Å². The molecular formula is C8H14O2. The minimum atomic E-state index is -0.849. The predicted molar refractivity (Wildman–Crippen MR) is 40.8 cm³/mol. The van der Waals surface area contributed by atoms with Crippen molar-refractivity contribution >= 4 is 5.97 Å². The van der Waals surface area contributed by atoms with Crippen LogP contribution >= 0.6 is 0 Å². The lowest BCUT2D eigenvalue weighted by Gasteiger charge is -2.06. The summed E-state index contributed by atoms with van der Waals surface area (Å²) in [5.41, 5.74) is 0.940. The van der Waals surface area contributed by atoms with Crippen molar-refractivity contribution in [1.82, 2.24) is 0 Å². The highest BCUT2D eigenvalue weighted by molar-refractivity contribution is 5.80. The third-order valence-corrected chi connectivity index (χ3v) is 1.74. The summed E-state index contributed by atoms with van der Waals surface area (Å²) >= 11 is 0. The van der Waals surface area contributed by atoms with Gasteiger partial charge >= 0.3 is 5.97 Å². The van der Waals surface area contributed by atoms with E-state index in [1.807, 2.05) is 20.8 Å². The maximum Gasteiger partial charge on any atom is 0.328 e. The van der Waals surface area contributed by atoms with Gasteiger partial charge in [0.2, 0.25) is 0 Å². The molecule has 0 aliphatic heterocycles. The molecule has 0 spiro atoms. The Bertz CT molecular complexity index is 147. The van der Waals surface area contributed by atoms with Crippen LogP contribution in [0.4, 0.5) is 0 Å². The average Bonchev–Trinajstić information content (AvgIpc) is 1.85. The normalized spacial score (nSPS) is 14.9. The third-order valence-electron chi connectivity index (χ3n) is 1.74. The highest BCUT2D eigenvalue weighted by atomic mass is 16.4. The van der Waals surface area contributed by atoms with Crippen molar-refractivity contribution < 1.29 is 9.90 Å². The van der Waals surface area contributed by atoms with E-state index in [-0.39, 0.29) is 0 Å². The fourth-order valence-electron chi connectivity index (χ4n) is 0.659. The van der Waals surface area contributed by atoms with Gasteiger partial charge in [0.1, 0.15) is 0 Å². The zero-order valence-electron chi connectivity index (χ0n) is 6.72. The Morgan fingerprint density at radius 1 is 1.70 bits per heavy atom. The first-order valence-corrected chi connectivity index (χ1v) is 3.49. The molecule has 0 rings (SSSR count). The summed E-state index contributed by atoms with van der Waals surface area (Å²) in [5.74, 6) is -0.464. The molecule has 0 aliphatic rings. The fourth-order valence-corrected chi connectivity index (χ4v) is 0.659. The van der Waals surface area contributed by atoms with E-state index in [9.17, 15) is 4.79 Å². The Balaban J connectivity index is 4.04. The number of carboxylic acids is 1. The van der Waals surface area contributed by atoms with Gasteiger partial charge in [-0.15, -0.1) is 0 Å². The fraction of sp³-hybridized carbons (Fsp3) is 0.625. The molecule has 0 amide bonds. The standard InChI is InChI=1S/C8H14O2/c1-4-6(2)7(3)5-8(9)10/h5-6H,4H2,1-3H3,(H,9,10)/b7-5+. The van der Waals surface area contributed by atoms with Crippen LogP contribution in [0, 0.1) is 5.92 Å². The quantitative estimate of drug-likeness (QED) is 0.612. The molecule has 0 fully saturated rings. The van der Waals surface area contributed by atoms with Crippen molar-refractivity contribution in [3.05, 3.63) is 11.6 Å². The molecule has 0 aromatic carbocycles. The molecule has 2 nitrogen and oxygen atoms in total. The van der Waals surface area contributed by atoms with Gasteiger partial charge in [-0.3, -0.25) is 0 Å². The van der Waals surface area contributed by atoms with Gasteiger partial charge in [-0.05, 0) is 19.3 Å². The number of hydrogen-bond donors (Lipinski definition) is 1. The van der Waals surface area contributed by atoms with Gasteiger partial charge in [-0.1, -0.05) is 19.4 Å². The Morgan fingerprint density at radius 2 is 2.20 bits per heavy atom. The first kappa shape index (κ1) is 9.21. The van der Waals surface area contributed by atoms with Gasteiger partial charge in [-0.25, -0.2) is 4.79 Å². The Kier molecular flexibility index (Phi) is 3.77. The molecule has 0 saturated carbocycles. The highest BCUT2D eigenvalue weighted by Crippen LogP contribution is 2.12. The van der Waals surface area contributed by atoms with E-state index in [0.29, 0.717) is 5.92 Å². The van der Waals surface area contributed by atoms with E-state index in [2.05, 4.69) is 0 Å². The van der Waals surface area contributed by atoms with Crippen LogP contribution in [0.5, 0.6) is 0 Å². The minimum Gasteiger partial charge on any atom is -0.478 e. The van der Waals surface area contributed by atoms with Gasteiger partial charge in [0.15, 0.2) is 0 Å². The Morgan fingerprint density at radius 3 is 2.50 bits per heavy atom. The maximum absolute atomic E-state index is 10.2. The average molecular weight is 142 g/mol. The van der Waals surface area contributed by atoms with E-state index in [1.165, 1.54) is 6.08 Å². The van der Waals surface area contributed by atoms with Crippen molar-refractivity contribution in [2.75, 3.05) is 0 Å². The zero-order valence-corrected chi connectivity index (χ0v) is 6.72. The molecule has 0 radical (unpaired) electrons. The predicted octanol–water partition coefficient (Wildman–Crippen LogP) is 2.06. The second-order valence-electron chi connectivity index (χ2n) is 2.54. The molecule has 0 bridgehead atoms. The van der Waals surface area contributed by atoms with Crippen LogP contribution in [-0.4, -0.2) is 11.1 Å². The highest BCUT2D eigenvalue weighted by Gasteiger charge is 2.01. The van der Waals surface area contributed by atoms with E-state index in [1.54, 1.807) is 0 Å². The van der Waals surface area contributed by atoms with E-state index >= 15 is 0 Å². The number of carbonyl (C=O) groups is 1. The molecule has 0 aromatic rings. The van der Waals surface area contributed by atoms with Crippen molar-refractivity contribution in [3.8, 4) is 0 Å². The molecule has 0 heterocycles. The van der Waals surface area contributed by atoms with Crippen molar-refractivity contribution in [3.63, 3.8) is 0 Å². The van der Waals surface area contributed by atoms with Crippen LogP contribution in [0.1, 0.15) is 27.2 Å². The third kappa shape index (κ3) is 3.28. The van der Waals surface area contributed by atoms with E-state index < -0.39 is 5.97 Å². The molecule has 1 N–H and O–H groups in total.